The van der Waals surface area contributed by atoms with E-state index in [0.717, 1.165) is 24.8 Å². The zero-order valence-corrected chi connectivity index (χ0v) is 14.6. The molecule has 1 aliphatic heterocycles. The van der Waals surface area contributed by atoms with E-state index in [4.69, 9.17) is 13.9 Å². The van der Waals surface area contributed by atoms with Gasteiger partial charge in [0, 0.05) is 18.2 Å². The number of hydrogen-bond donors (Lipinski definition) is 1. The fourth-order valence-corrected chi connectivity index (χ4v) is 3.19. The minimum absolute atomic E-state index is 0.190. The van der Waals surface area contributed by atoms with Crippen LogP contribution in [0.4, 0.5) is 5.69 Å². The number of methoxy groups -OCH3 is 1. The van der Waals surface area contributed by atoms with E-state index in [9.17, 15) is 4.79 Å². The summed E-state index contributed by atoms with van der Waals surface area (Å²) >= 11 is 0. The number of nitrogens with zero attached hydrogens (tertiary/aromatic N) is 2. The van der Waals surface area contributed by atoms with Crippen LogP contribution in [-0.4, -0.2) is 35.5 Å². The predicted octanol–water partition coefficient (Wildman–Crippen LogP) is 3.46. The van der Waals surface area contributed by atoms with E-state index in [0.29, 0.717) is 23.6 Å². The lowest BCUT2D eigenvalue weighted by Crippen LogP contribution is -2.24. The first-order chi connectivity index (χ1) is 12.7. The Kier molecular flexibility index (Phi) is 4.62. The van der Waals surface area contributed by atoms with E-state index < -0.39 is 0 Å². The van der Waals surface area contributed by atoms with Crippen LogP contribution >= 0.6 is 0 Å². The smallest absolute Gasteiger partial charge is 0.291 e. The second-order valence-electron chi connectivity index (χ2n) is 6.38. The van der Waals surface area contributed by atoms with Crippen molar-refractivity contribution in [2.45, 2.75) is 31.9 Å². The third-order valence-electron chi connectivity index (χ3n) is 4.51. The van der Waals surface area contributed by atoms with E-state index in [-0.39, 0.29) is 17.8 Å². The van der Waals surface area contributed by atoms with Crippen LogP contribution in [0.2, 0.25) is 0 Å². The van der Waals surface area contributed by atoms with Crippen LogP contribution < -0.4 is 10.1 Å². The Labute approximate surface area is 150 Å². The molecule has 26 heavy (non-hydrogen) atoms. The van der Waals surface area contributed by atoms with Gasteiger partial charge >= 0.3 is 0 Å². The second kappa shape index (κ2) is 7.21. The number of anilines is 1. The number of rotatable bonds is 5. The van der Waals surface area contributed by atoms with Crippen LogP contribution in [0.15, 0.2) is 41.1 Å². The lowest BCUT2D eigenvalue weighted by molar-refractivity contribution is 0.00400. The molecule has 1 aliphatic rings. The maximum atomic E-state index is 12.5. The summed E-state index contributed by atoms with van der Waals surface area (Å²) in [5.74, 6) is 0.506. The molecule has 3 aromatic rings. The molecular weight excluding hydrogens is 334 g/mol. The van der Waals surface area contributed by atoms with Crippen molar-refractivity contribution < 1.29 is 18.7 Å². The number of ether oxygens (including phenoxy) is 2. The zero-order chi connectivity index (χ0) is 17.9. The molecule has 0 aliphatic carbocycles. The molecule has 1 fully saturated rings. The predicted molar refractivity (Wildman–Crippen MR) is 96.5 cm³/mol. The Morgan fingerprint density at radius 3 is 3.15 bits per heavy atom. The highest BCUT2D eigenvalue weighted by Crippen LogP contribution is 2.28. The van der Waals surface area contributed by atoms with Crippen molar-refractivity contribution in [2.75, 3.05) is 19.0 Å². The molecule has 2 aromatic heterocycles. The first kappa shape index (κ1) is 16.7. The molecule has 1 amide bonds. The van der Waals surface area contributed by atoms with E-state index in [1.165, 1.54) is 6.42 Å². The van der Waals surface area contributed by atoms with Crippen LogP contribution in [0.3, 0.4) is 0 Å². The quantitative estimate of drug-likeness (QED) is 0.758. The van der Waals surface area contributed by atoms with E-state index in [1.54, 1.807) is 36.3 Å². The van der Waals surface area contributed by atoms with Gasteiger partial charge in [-0.25, -0.2) is 0 Å². The van der Waals surface area contributed by atoms with Gasteiger partial charge in [-0.05, 0) is 31.4 Å². The van der Waals surface area contributed by atoms with Gasteiger partial charge in [-0.1, -0.05) is 12.1 Å². The Balaban J connectivity index is 1.45. The van der Waals surface area contributed by atoms with Gasteiger partial charge in [0.2, 0.25) is 0 Å². The summed E-state index contributed by atoms with van der Waals surface area (Å²) in [5.41, 5.74) is 1.18. The van der Waals surface area contributed by atoms with Crippen LogP contribution in [0, 0.1) is 0 Å². The maximum Gasteiger partial charge on any atom is 0.291 e. The SMILES string of the molecule is COc1cccc2cc(C(=O)Nc3cnn(CC4CCCCO4)c3)oc12. The summed E-state index contributed by atoms with van der Waals surface area (Å²) in [7, 11) is 1.57. The largest absolute Gasteiger partial charge is 0.493 e. The lowest BCUT2D eigenvalue weighted by atomic mass is 10.1. The summed E-state index contributed by atoms with van der Waals surface area (Å²) in [5, 5.41) is 7.93. The first-order valence-electron chi connectivity index (χ1n) is 8.75. The summed E-state index contributed by atoms with van der Waals surface area (Å²) in [6, 6.07) is 7.23. The Hall–Kier alpha value is -2.80. The zero-order valence-electron chi connectivity index (χ0n) is 14.6. The van der Waals surface area contributed by atoms with Gasteiger partial charge in [0.25, 0.3) is 5.91 Å². The van der Waals surface area contributed by atoms with Crippen LogP contribution in [0.1, 0.15) is 29.8 Å². The van der Waals surface area contributed by atoms with Gasteiger partial charge in [0.05, 0.1) is 31.6 Å². The molecule has 4 rings (SSSR count). The van der Waals surface area contributed by atoms with Gasteiger partial charge in [-0.2, -0.15) is 5.10 Å². The topological polar surface area (TPSA) is 78.5 Å². The molecular formula is C19H21N3O4. The van der Waals surface area contributed by atoms with E-state index >= 15 is 0 Å². The molecule has 7 heteroatoms. The Morgan fingerprint density at radius 2 is 2.35 bits per heavy atom. The number of amides is 1. The molecule has 0 radical (unpaired) electrons. The number of fused-ring (bicyclic) bond motifs is 1. The molecule has 1 N–H and O–H groups in total. The van der Waals surface area contributed by atoms with Crippen molar-refractivity contribution in [1.29, 1.82) is 0 Å². The lowest BCUT2D eigenvalue weighted by Gasteiger charge is -2.22. The second-order valence-corrected chi connectivity index (χ2v) is 6.38. The highest BCUT2D eigenvalue weighted by molar-refractivity contribution is 6.05. The number of benzene rings is 1. The molecule has 0 bridgehead atoms. The molecule has 1 unspecified atom stereocenters. The van der Waals surface area contributed by atoms with Crippen molar-refractivity contribution in [2.24, 2.45) is 0 Å². The number of furan rings is 1. The molecule has 1 saturated heterocycles. The van der Waals surface area contributed by atoms with Gasteiger partial charge in [-0.15, -0.1) is 0 Å². The average Bonchev–Trinajstić information content (AvgIpc) is 3.29. The van der Waals surface area contributed by atoms with Crippen molar-refractivity contribution in [3.05, 3.63) is 42.4 Å². The summed E-state index contributed by atoms with van der Waals surface area (Å²) in [6.07, 6.45) is 6.98. The van der Waals surface area contributed by atoms with Gasteiger partial charge in [0.15, 0.2) is 17.1 Å². The van der Waals surface area contributed by atoms with Crippen molar-refractivity contribution >= 4 is 22.6 Å². The first-order valence-corrected chi connectivity index (χ1v) is 8.75. The monoisotopic (exact) mass is 355 g/mol. The van der Waals surface area contributed by atoms with Crippen LogP contribution in [0.5, 0.6) is 5.75 Å². The molecule has 3 heterocycles. The average molecular weight is 355 g/mol. The van der Waals surface area contributed by atoms with Gasteiger partial charge in [0.1, 0.15) is 0 Å². The summed E-state index contributed by atoms with van der Waals surface area (Å²) in [4.78, 5) is 12.5. The molecule has 0 saturated carbocycles. The molecule has 1 atom stereocenters. The molecule has 1 aromatic carbocycles. The minimum atomic E-state index is -0.322. The Morgan fingerprint density at radius 1 is 1.42 bits per heavy atom. The number of nitrogens with one attached hydrogen (secondary N) is 1. The summed E-state index contributed by atoms with van der Waals surface area (Å²) in [6.45, 7) is 1.50. The third-order valence-corrected chi connectivity index (χ3v) is 4.51. The molecule has 7 nitrogen and oxygen atoms in total. The number of carbonyl (C=O) groups excluding carboxylic acids is 1. The normalized spacial score (nSPS) is 17.3. The Bertz CT molecular complexity index is 909. The maximum absolute atomic E-state index is 12.5. The molecule has 0 spiro atoms. The van der Waals surface area contributed by atoms with Crippen molar-refractivity contribution in [3.8, 4) is 5.75 Å². The number of carbonyl (C=O) groups is 1. The highest BCUT2D eigenvalue weighted by atomic mass is 16.5. The van der Waals surface area contributed by atoms with E-state index in [1.807, 2.05) is 12.1 Å². The highest BCUT2D eigenvalue weighted by Gasteiger charge is 2.17. The van der Waals surface area contributed by atoms with E-state index in [2.05, 4.69) is 10.4 Å². The van der Waals surface area contributed by atoms with Crippen LogP contribution in [0.25, 0.3) is 11.0 Å². The van der Waals surface area contributed by atoms with Gasteiger partial charge in [-0.3, -0.25) is 9.48 Å². The standard InChI is InChI=1S/C19H21N3O4/c1-24-16-7-4-5-13-9-17(26-18(13)16)19(23)21-14-10-20-22(11-14)12-15-6-2-3-8-25-15/h4-5,7,9-11,15H,2-3,6,8,12H2,1H3,(H,21,23). The third kappa shape index (κ3) is 3.43. The fraction of sp³-hybridized carbons (Fsp3) is 0.368. The van der Waals surface area contributed by atoms with Gasteiger partial charge < -0.3 is 19.2 Å². The fourth-order valence-electron chi connectivity index (χ4n) is 3.19. The van der Waals surface area contributed by atoms with Crippen molar-refractivity contribution in [3.63, 3.8) is 0 Å². The number of para-hydroxylation sites is 1. The molecule has 136 valence electrons. The van der Waals surface area contributed by atoms with Crippen LogP contribution in [-0.2, 0) is 11.3 Å². The summed E-state index contributed by atoms with van der Waals surface area (Å²) < 4.78 is 18.5. The minimum Gasteiger partial charge on any atom is -0.493 e. The number of hydrogen-bond acceptors (Lipinski definition) is 5. The van der Waals surface area contributed by atoms with Crippen molar-refractivity contribution in [1.82, 2.24) is 9.78 Å². The number of aromatic nitrogens is 2.